The maximum Gasteiger partial charge on any atom is 0.259 e. The van der Waals surface area contributed by atoms with Crippen LogP contribution in [0.5, 0.6) is 5.75 Å². The van der Waals surface area contributed by atoms with Crippen LogP contribution < -0.4 is 10.3 Å². The normalized spacial score (nSPS) is 20.2. The van der Waals surface area contributed by atoms with Gasteiger partial charge in [-0.2, -0.15) is 0 Å². The molecule has 0 radical (unpaired) electrons. The Morgan fingerprint density at radius 3 is 2.76 bits per heavy atom. The highest BCUT2D eigenvalue weighted by atomic mass is 16.5. The van der Waals surface area contributed by atoms with Crippen LogP contribution in [-0.4, -0.2) is 10.8 Å². The van der Waals surface area contributed by atoms with Crippen molar-refractivity contribution in [2.75, 3.05) is 0 Å². The first-order valence-corrected chi connectivity index (χ1v) is 7.56. The molecule has 1 N–H and O–H groups in total. The summed E-state index contributed by atoms with van der Waals surface area (Å²) in [7, 11) is 0. The largest absolute Gasteiger partial charge is 0.487 e. The summed E-state index contributed by atoms with van der Waals surface area (Å²) in [5.74, 6) is 0.893. The summed E-state index contributed by atoms with van der Waals surface area (Å²) in [4.78, 5) is 0. The van der Waals surface area contributed by atoms with Gasteiger partial charge < -0.3 is 14.4 Å². The number of rotatable bonds is 0. The maximum absolute atomic E-state index is 9.18. The fraction of sp³-hybridized carbons (Fsp3) is 0.471. The molecule has 0 amide bonds. The molecular formula is C17H19NO3. The third-order valence-corrected chi connectivity index (χ3v) is 4.64. The van der Waals surface area contributed by atoms with E-state index in [1.54, 1.807) is 0 Å². The first-order valence-electron chi connectivity index (χ1n) is 7.56. The van der Waals surface area contributed by atoms with E-state index in [0.717, 1.165) is 54.4 Å². The molecule has 110 valence electrons. The zero-order chi connectivity index (χ0) is 14.6. The van der Waals surface area contributed by atoms with Gasteiger partial charge >= 0.3 is 0 Å². The monoisotopic (exact) mass is 285 g/mol. The summed E-state index contributed by atoms with van der Waals surface area (Å²) in [6.45, 7) is 4.21. The Morgan fingerprint density at radius 2 is 1.95 bits per heavy atom. The first kappa shape index (κ1) is 12.7. The number of benzene rings is 1. The van der Waals surface area contributed by atoms with Crippen molar-refractivity contribution in [2.24, 2.45) is 5.16 Å². The average molecular weight is 285 g/mol. The maximum atomic E-state index is 9.18. The van der Waals surface area contributed by atoms with Gasteiger partial charge in [0, 0.05) is 17.0 Å². The Balaban J connectivity index is 2.00. The Morgan fingerprint density at radius 1 is 1.14 bits per heavy atom. The molecule has 1 aliphatic heterocycles. The van der Waals surface area contributed by atoms with Crippen LogP contribution in [0.2, 0.25) is 0 Å². The second kappa shape index (κ2) is 4.26. The topological polar surface area (TPSA) is 55.0 Å². The molecule has 4 nitrogen and oxygen atoms in total. The van der Waals surface area contributed by atoms with Crippen LogP contribution >= 0.6 is 0 Å². The van der Waals surface area contributed by atoms with Gasteiger partial charge in [0.05, 0.1) is 0 Å². The Kier molecular flexibility index (Phi) is 2.59. The highest BCUT2D eigenvalue weighted by Crippen LogP contribution is 2.38. The van der Waals surface area contributed by atoms with Crippen LogP contribution in [-0.2, 0) is 19.3 Å². The SMILES string of the molecule is CC1(C)CCc2cc3c4c(c(=NO)oc3cc2O1)CCC4. The van der Waals surface area contributed by atoms with Crippen molar-refractivity contribution >= 4 is 11.0 Å². The minimum atomic E-state index is -0.137. The lowest BCUT2D eigenvalue weighted by Crippen LogP contribution is -2.32. The standard InChI is InChI=1S/C17H19NO3/c1-17(2)7-6-10-8-13-11-4-3-5-12(11)16(18-19)20-15(13)9-14(10)21-17/h8-9,19H,3-7H2,1-2H3. The zero-order valence-electron chi connectivity index (χ0n) is 12.4. The van der Waals surface area contributed by atoms with Crippen LogP contribution in [0.15, 0.2) is 21.7 Å². The van der Waals surface area contributed by atoms with E-state index in [1.165, 1.54) is 11.1 Å². The molecule has 21 heavy (non-hydrogen) atoms. The molecule has 2 aromatic rings. The second-order valence-corrected chi connectivity index (χ2v) is 6.64. The van der Waals surface area contributed by atoms with Gasteiger partial charge in [-0.3, -0.25) is 0 Å². The Labute approximate surface area is 123 Å². The lowest BCUT2D eigenvalue weighted by atomic mass is 9.92. The van der Waals surface area contributed by atoms with Gasteiger partial charge in [0.25, 0.3) is 5.55 Å². The molecule has 2 heterocycles. The van der Waals surface area contributed by atoms with Crippen molar-refractivity contribution in [3.8, 4) is 5.75 Å². The lowest BCUT2D eigenvalue weighted by Gasteiger charge is -2.32. The molecule has 0 unspecified atom stereocenters. The van der Waals surface area contributed by atoms with Crippen LogP contribution in [0.1, 0.15) is 43.4 Å². The molecule has 1 aromatic heterocycles. The molecule has 0 saturated carbocycles. The van der Waals surface area contributed by atoms with Crippen molar-refractivity contribution < 1.29 is 14.4 Å². The van der Waals surface area contributed by atoms with Crippen molar-refractivity contribution in [1.82, 2.24) is 0 Å². The Bertz CT molecular complexity index is 802. The van der Waals surface area contributed by atoms with E-state index in [2.05, 4.69) is 25.1 Å². The number of fused-ring (bicyclic) bond motifs is 4. The average Bonchev–Trinajstić information content (AvgIpc) is 2.93. The van der Waals surface area contributed by atoms with Crippen molar-refractivity contribution in [3.05, 3.63) is 34.4 Å². The summed E-state index contributed by atoms with van der Waals surface area (Å²) in [5.41, 5.74) is 4.55. The van der Waals surface area contributed by atoms with Crippen molar-refractivity contribution in [2.45, 2.75) is 51.6 Å². The highest BCUT2D eigenvalue weighted by Gasteiger charge is 2.28. The van der Waals surface area contributed by atoms with E-state index in [-0.39, 0.29) is 5.60 Å². The minimum absolute atomic E-state index is 0.137. The van der Waals surface area contributed by atoms with Gasteiger partial charge in [-0.05, 0) is 68.3 Å². The third-order valence-electron chi connectivity index (χ3n) is 4.64. The van der Waals surface area contributed by atoms with Crippen molar-refractivity contribution in [3.63, 3.8) is 0 Å². The summed E-state index contributed by atoms with van der Waals surface area (Å²) in [5, 5.41) is 13.7. The molecule has 4 rings (SSSR count). The van der Waals surface area contributed by atoms with Crippen LogP contribution in [0, 0.1) is 0 Å². The van der Waals surface area contributed by atoms with Gasteiger partial charge in [-0.25, -0.2) is 0 Å². The quantitative estimate of drug-likeness (QED) is 0.597. The van der Waals surface area contributed by atoms with Gasteiger partial charge in [0.1, 0.15) is 16.9 Å². The summed E-state index contributed by atoms with van der Waals surface area (Å²) in [6.07, 6.45) is 5.09. The molecule has 0 fully saturated rings. The van der Waals surface area contributed by atoms with Gasteiger partial charge in [-0.15, -0.1) is 0 Å². The molecule has 0 atom stereocenters. The fourth-order valence-corrected chi connectivity index (χ4v) is 3.52. The van der Waals surface area contributed by atoms with E-state index in [0.29, 0.717) is 5.55 Å². The highest BCUT2D eigenvalue weighted by molar-refractivity contribution is 5.84. The smallest absolute Gasteiger partial charge is 0.259 e. The van der Waals surface area contributed by atoms with Crippen molar-refractivity contribution in [1.29, 1.82) is 0 Å². The van der Waals surface area contributed by atoms with Gasteiger partial charge in [0.15, 0.2) is 0 Å². The second-order valence-electron chi connectivity index (χ2n) is 6.64. The first-order chi connectivity index (χ1) is 10.1. The molecule has 0 bridgehead atoms. The van der Waals surface area contributed by atoms with Crippen LogP contribution in [0.25, 0.3) is 11.0 Å². The number of hydrogen-bond acceptors (Lipinski definition) is 4. The lowest BCUT2D eigenvalue weighted by molar-refractivity contribution is 0.0848. The molecule has 2 aliphatic rings. The number of ether oxygens (including phenoxy) is 1. The summed E-state index contributed by atoms with van der Waals surface area (Å²) < 4.78 is 11.9. The Hall–Kier alpha value is -1.97. The van der Waals surface area contributed by atoms with E-state index in [1.807, 2.05) is 6.07 Å². The molecular weight excluding hydrogens is 266 g/mol. The predicted molar refractivity (Wildman–Crippen MR) is 78.6 cm³/mol. The van der Waals surface area contributed by atoms with Gasteiger partial charge in [-0.1, -0.05) is 0 Å². The van der Waals surface area contributed by atoms with Crippen LogP contribution in [0.4, 0.5) is 0 Å². The van der Waals surface area contributed by atoms with E-state index >= 15 is 0 Å². The molecule has 1 aromatic carbocycles. The molecule has 4 heteroatoms. The minimum Gasteiger partial charge on any atom is -0.487 e. The van der Waals surface area contributed by atoms with Gasteiger partial charge in [0.2, 0.25) is 0 Å². The summed E-state index contributed by atoms with van der Waals surface area (Å²) in [6, 6.07) is 4.16. The molecule has 0 spiro atoms. The van der Waals surface area contributed by atoms with E-state index < -0.39 is 0 Å². The predicted octanol–water partition coefficient (Wildman–Crippen LogP) is 3.32. The number of hydrogen-bond donors (Lipinski definition) is 1. The fourth-order valence-electron chi connectivity index (χ4n) is 3.52. The third kappa shape index (κ3) is 1.93. The number of aryl methyl sites for hydroxylation is 2. The molecule has 1 aliphatic carbocycles. The van der Waals surface area contributed by atoms with Crippen LogP contribution in [0.3, 0.4) is 0 Å². The summed E-state index contributed by atoms with van der Waals surface area (Å²) >= 11 is 0. The molecule has 0 saturated heterocycles. The number of nitrogens with zero attached hydrogens (tertiary/aromatic N) is 1. The van der Waals surface area contributed by atoms with E-state index in [9.17, 15) is 5.21 Å². The zero-order valence-corrected chi connectivity index (χ0v) is 12.4. The van der Waals surface area contributed by atoms with E-state index in [4.69, 9.17) is 9.15 Å².